The molecule has 14 heavy (non-hydrogen) atoms. The molecule has 3 amide bonds. The van der Waals surface area contributed by atoms with Gasteiger partial charge in [-0.1, -0.05) is 29.8 Å². The van der Waals surface area contributed by atoms with Gasteiger partial charge in [0.1, 0.15) is 6.04 Å². The van der Waals surface area contributed by atoms with Crippen LogP contribution in [0.1, 0.15) is 17.2 Å². The van der Waals surface area contributed by atoms with Gasteiger partial charge in [0, 0.05) is 0 Å². The Hall–Kier alpha value is -1.84. The Morgan fingerprint density at radius 2 is 1.79 bits per heavy atom. The van der Waals surface area contributed by atoms with Gasteiger partial charge in [-0.2, -0.15) is 0 Å². The summed E-state index contributed by atoms with van der Waals surface area (Å²) in [5.74, 6) is -0.293. The molecule has 4 heteroatoms. The second kappa shape index (κ2) is 3.14. The van der Waals surface area contributed by atoms with Gasteiger partial charge in [0.05, 0.1) is 0 Å². The number of rotatable bonds is 1. The summed E-state index contributed by atoms with van der Waals surface area (Å²) in [7, 11) is 0. The van der Waals surface area contributed by atoms with Crippen molar-refractivity contribution in [3.8, 4) is 0 Å². The highest BCUT2D eigenvalue weighted by atomic mass is 16.2. The van der Waals surface area contributed by atoms with Crippen LogP contribution in [-0.4, -0.2) is 11.9 Å². The van der Waals surface area contributed by atoms with Crippen molar-refractivity contribution in [1.29, 1.82) is 0 Å². The molecular weight excluding hydrogens is 180 g/mol. The molecule has 0 bridgehead atoms. The average Bonchev–Trinajstić information content (AvgIpc) is 2.47. The molecule has 4 nitrogen and oxygen atoms in total. The van der Waals surface area contributed by atoms with E-state index in [9.17, 15) is 9.59 Å². The van der Waals surface area contributed by atoms with Crippen LogP contribution in [0.2, 0.25) is 0 Å². The second-order valence-corrected chi connectivity index (χ2v) is 3.31. The molecule has 0 aromatic heterocycles. The molecule has 72 valence electrons. The SMILES string of the molecule is Cc1ccc([C@H]2NC(=O)NC2=O)cc1. The molecule has 0 aliphatic carbocycles. The monoisotopic (exact) mass is 190 g/mol. The summed E-state index contributed by atoms with van der Waals surface area (Å²) in [6, 6.07) is 6.53. The molecule has 1 aromatic carbocycles. The van der Waals surface area contributed by atoms with Gasteiger partial charge in [-0.25, -0.2) is 4.79 Å². The predicted octanol–water partition coefficient (Wildman–Crippen LogP) is 0.876. The second-order valence-electron chi connectivity index (χ2n) is 3.31. The third-order valence-electron chi connectivity index (χ3n) is 2.19. The lowest BCUT2D eigenvalue weighted by molar-refractivity contribution is -0.120. The summed E-state index contributed by atoms with van der Waals surface area (Å²) in [6.07, 6.45) is 0. The van der Waals surface area contributed by atoms with E-state index in [0.717, 1.165) is 11.1 Å². The van der Waals surface area contributed by atoms with Crippen molar-refractivity contribution in [2.24, 2.45) is 0 Å². The molecule has 1 aromatic rings. The van der Waals surface area contributed by atoms with Crippen molar-refractivity contribution in [2.45, 2.75) is 13.0 Å². The van der Waals surface area contributed by atoms with E-state index in [1.54, 1.807) is 0 Å². The Balaban J connectivity index is 2.27. The summed E-state index contributed by atoms with van der Waals surface area (Å²) in [6.45, 7) is 1.97. The number of hydrogen-bond donors (Lipinski definition) is 2. The van der Waals surface area contributed by atoms with E-state index in [2.05, 4.69) is 10.6 Å². The Morgan fingerprint density at radius 3 is 2.29 bits per heavy atom. The van der Waals surface area contributed by atoms with Gasteiger partial charge >= 0.3 is 6.03 Å². The summed E-state index contributed by atoms with van der Waals surface area (Å²) in [5, 5.41) is 4.73. The standard InChI is InChI=1S/C10H10N2O2/c1-6-2-4-7(5-3-6)8-9(13)12-10(14)11-8/h2-5,8H,1H3,(H2,11,12,13,14)/t8-/m1/s1. The summed E-state index contributed by atoms with van der Waals surface area (Å²) < 4.78 is 0. The summed E-state index contributed by atoms with van der Waals surface area (Å²) in [4.78, 5) is 22.1. The number of aryl methyl sites for hydroxylation is 1. The molecule has 2 rings (SSSR count). The Morgan fingerprint density at radius 1 is 1.14 bits per heavy atom. The maximum Gasteiger partial charge on any atom is 0.322 e. The molecule has 0 unspecified atom stereocenters. The third-order valence-corrected chi connectivity index (χ3v) is 2.19. The molecule has 1 heterocycles. The fraction of sp³-hybridized carbons (Fsp3) is 0.200. The first-order valence-electron chi connectivity index (χ1n) is 4.35. The van der Waals surface area contributed by atoms with E-state index in [-0.39, 0.29) is 5.91 Å². The molecule has 1 atom stereocenters. The lowest BCUT2D eigenvalue weighted by Crippen LogP contribution is -2.22. The topological polar surface area (TPSA) is 58.2 Å². The quantitative estimate of drug-likeness (QED) is 0.646. The maximum absolute atomic E-state index is 11.3. The van der Waals surface area contributed by atoms with Crippen molar-refractivity contribution in [2.75, 3.05) is 0 Å². The minimum Gasteiger partial charge on any atom is -0.322 e. The van der Waals surface area contributed by atoms with Crippen LogP contribution in [0.3, 0.4) is 0 Å². The number of nitrogens with one attached hydrogen (secondary N) is 2. The van der Waals surface area contributed by atoms with Crippen molar-refractivity contribution in [1.82, 2.24) is 10.6 Å². The Labute approximate surface area is 81.3 Å². The molecule has 1 fully saturated rings. The minimum atomic E-state index is -0.539. The van der Waals surface area contributed by atoms with E-state index >= 15 is 0 Å². The third kappa shape index (κ3) is 1.46. The van der Waals surface area contributed by atoms with Crippen molar-refractivity contribution in [3.63, 3.8) is 0 Å². The maximum atomic E-state index is 11.3. The highest BCUT2D eigenvalue weighted by Gasteiger charge is 2.30. The van der Waals surface area contributed by atoms with Gasteiger partial charge in [-0.15, -0.1) is 0 Å². The molecular formula is C10H10N2O2. The van der Waals surface area contributed by atoms with Crippen molar-refractivity contribution in [3.05, 3.63) is 35.4 Å². The molecule has 1 aliphatic heterocycles. The molecule has 1 aliphatic rings. The molecule has 2 N–H and O–H groups in total. The predicted molar refractivity (Wildman–Crippen MR) is 50.6 cm³/mol. The van der Waals surface area contributed by atoms with Crippen LogP contribution in [0.4, 0.5) is 4.79 Å². The summed E-state index contributed by atoms with van der Waals surface area (Å²) in [5.41, 5.74) is 1.93. The van der Waals surface area contributed by atoms with E-state index in [0.29, 0.717) is 0 Å². The number of benzene rings is 1. The minimum absolute atomic E-state index is 0.293. The van der Waals surface area contributed by atoms with Crippen LogP contribution < -0.4 is 10.6 Å². The lowest BCUT2D eigenvalue weighted by atomic mass is 10.1. The smallest absolute Gasteiger partial charge is 0.322 e. The zero-order chi connectivity index (χ0) is 10.1. The molecule has 0 radical (unpaired) electrons. The highest BCUT2D eigenvalue weighted by molar-refractivity contribution is 6.04. The van der Waals surface area contributed by atoms with Crippen LogP contribution in [0.25, 0.3) is 0 Å². The highest BCUT2D eigenvalue weighted by Crippen LogP contribution is 2.16. The first-order valence-corrected chi connectivity index (χ1v) is 4.35. The van der Waals surface area contributed by atoms with Crippen LogP contribution in [0.15, 0.2) is 24.3 Å². The van der Waals surface area contributed by atoms with E-state index in [1.807, 2.05) is 31.2 Å². The number of imide groups is 1. The van der Waals surface area contributed by atoms with Gasteiger partial charge < -0.3 is 5.32 Å². The first kappa shape index (κ1) is 8.74. The van der Waals surface area contributed by atoms with Gasteiger partial charge in [0.15, 0.2) is 0 Å². The summed E-state index contributed by atoms with van der Waals surface area (Å²) >= 11 is 0. The average molecular weight is 190 g/mol. The van der Waals surface area contributed by atoms with Gasteiger partial charge in [-0.05, 0) is 12.5 Å². The van der Waals surface area contributed by atoms with Gasteiger partial charge in [0.2, 0.25) is 0 Å². The van der Waals surface area contributed by atoms with Gasteiger partial charge in [0.25, 0.3) is 5.91 Å². The fourth-order valence-electron chi connectivity index (χ4n) is 1.41. The number of urea groups is 1. The van der Waals surface area contributed by atoms with Gasteiger partial charge in [-0.3, -0.25) is 10.1 Å². The van der Waals surface area contributed by atoms with E-state index < -0.39 is 12.1 Å². The molecule has 0 spiro atoms. The number of carbonyl (C=O) groups excluding carboxylic acids is 2. The lowest BCUT2D eigenvalue weighted by Gasteiger charge is -2.06. The molecule has 1 saturated heterocycles. The van der Waals surface area contributed by atoms with Crippen LogP contribution in [0, 0.1) is 6.92 Å². The van der Waals surface area contributed by atoms with Crippen molar-refractivity contribution >= 4 is 11.9 Å². The van der Waals surface area contributed by atoms with E-state index in [1.165, 1.54) is 0 Å². The Bertz CT molecular complexity index is 384. The van der Waals surface area contributed by atoms with E-state index in [4.69, 9.17) is 0 Å². The normalized spacial score (nSPS) is 20.5. The number of carbonyl (C=O) groups is 2. The largest absolute Gasteiger partial charge is 0.322 e. The van der Waals surface area contributed by atoms with Crippen LogP contribution >= 0.6 is 0 Å². The van der Waals surface area contributed by atoms with Crippen molar-refractivity contribution < 1.29 is 9.59 Å². The zero-order valence-electron chi connectivity index (χ0n) is 7.70. The van der Waals surface area contributed by atoms with Crippen LogP contribution in [0.5, 0.6) is 0 Å². The molecule has 0 saturated carbocycles. The zero-order valence-corrected chi connectivity index (χ0v) is 7.70. The fourth-order valence-corrected chi connectivity index (χ4v) is 1.41. The Kier molecular flexibility index (Phi) is 1.96. The number of hydrogen-bond acceptors (Lipinski definition) is 2. The van der Waals surface area contributed by atoms with Crippen LogP contribution in [-0.2, 0) is 4.79 Å². The first-order chi connectivity index (χ1) is 6.66. The number of amides is 3.